The Balaban J connectivity index is 1.39. The van der Waals surface area contributed by atoms with Crippen LogP contribution in [-0.2, 0) is 12.2 Å². The predicted molar refractivity (Wildman–Crippen MR) is 111 cm³/mol. The third-order valence-corrected chi connectivity index (χ3v) is 7.16. The SMILES string of the molecule is COc1ccc(OCc2sc([C@@]3(O)CCCN(CC4CC4)CC3)nc2C)cc1. The van der Waals surface area contributed by atoms with E-state index in [9.17, 15) is 5.11 Å². The van der Waals surface area contributed by atoms with Crippen LogP contribution < -0.4 is 9.47 Å². The molecule has 0 radical (unpaired) electrons. The van der Waals surface area contributed by atoms with Crippen molar-refractivity contribution in [1.82, 2.24) is 9.88 Å². The van der Waals surface area contributed by atoms with Gasteiger partial charge in [-0.25, -0.2) is 4.98 Å². The van der Waals surface area contributed by atoms with E-state index in [1.807, 2.05) is 31.2 Å². The van der Waals surface area contributed by atoms with Crippen LogP contribution in [0, 0.1) is 12.8 Å². The molecule has 1 atom stereocenters. The van der Waals surface area contributed by atoms with Crippen LogP contribution in [0.15, 0.2) is 24.3 Å². The van der Waals surface area contributed by atoms with Crippen molar-refractivity contribution in [2.75, 3.05) is 26.7 Å². The van der Waals surface area contributed by atoms with Gasteiger partial charge in [-0.05, 0) is 75.8 Å². The number of hydrogen-bond donors (Lipinski definition) is 1. The first-order valence-electron chi connectivity index (χ1n) is 10.2. The predicted octanol–water partition coefficient (Wildman–Crippen LogP) is 4.12. The average molecular weight is 403 g/mol. The summed E-state index contributed by atoms with van der Waals surface area (Å²) in [5.41, 5.74) is 0.160. The molecule has 152 valence electrons. The number of thiazole rings is 1. The largest absolute Gasteiger partial charge is 0.497 e. The zero-order chi connectivity index (χ0) is 19.6. The maximum absolute atomic E-state index is 11.3. The highest BCUT2D eigenvalue weighted by atomic mass is 32.1. The molecule has 1 aromatic carbocycles. The Morgan fingerprint density at radius 3 is 2.64 bits per heavy atom. The number of rotatable bonds is 7. The van der Waals surface area contributed by atoms with Crippen molar-refractivity contribution in [2.24, 2.45) is 5.92 Å². The minimum atomic E-state index is -0.800. The molecule has 1 saturated heterocycles. The Morgan fingerprint density at radius 2 is 1.93 bits per heavy atom. The Kier molecular flexibility index (Phi) is 5.90. The second-order valence-electron chi connectivity index (χ2n) is 8.12. The molecule has 2 aliphatic rings. The Bertz CT molecular complexity index is 788. The summed E-state index contributed by atoms with van der Waals surface area (Å²) in [6.07, 6.45) is 5.35. The van der Waals surface area contributed by atoms with Crippen molar-refractivity contribution in [3.63, 3.8) is 0 Å². The summed E-state index contributed by atoms with van der Waals surface area (Å²) in [7, 11) is 1.65. The van der Waals surface area contributed by atoms with Gasteiger partial charge in [0.25, 0.3) is 0 Å². The molecule has 1 saturated carbocycles. The first kappa shape index (κ1) is 19.7. The van der Waals surface area contributed by atoms with E-state index >= 15 is 0 Å². The van der Waals surface area contributed by atoms with Crippen LogP contribution in [0.1, 0.15) is 47.7 Å². The summed E-state index contributed by atoms with van der Waals surface area (Å²) in [4.78, 5) is 8.35. The van der Waals surface area contributed by atoms with E-state index < -0.39 is 5.60 Å². The van der Waals surface area contributed by atoms with Crippen LogP contribution in [0.25, 0.3) is 0 Å². The van der Waals surface area contributed by atoms with Crippen LogP contribution in [-0.4, -0.2) is 41.7 Å². The highest BCUT2D eigenvalue weighted by molar-refractivity contribution is 7.11. The molecule has 2 aromatic rings. The third-order valence-electron chi connectivity index (χ3n) is 5.84. The van der Waals surface area contributed by atoms with Gasteiger partial charge in [-0.15, -0.1) is 11.3 Å². The summed E-state index contributed by atoms with van der Waals surface area (Å²) >= 11 is 1.60. The maximum atomic E-state index is 11.3. The normalized spacial score (nSPS) is 23.4. The number of methoxy groups -OCH3 is 1. The molecule has 28 heavy (non-hydrogen) atoms. The number of aryl methyl sites for hydroxylation is 1. The highest BCUT2D eigenvalue weighted by Gasteiger charge is 2.36. The molecule has 6 heteroatoms. The average Bonchev–Trinajstić information content (AvgIpc) is 3.47. The van der Waals surface area contributed by atoms with Crippen LogP contribution >= 0.6 is 11.3 Å². The van der Waals surface area contributed by atoms with E-state index in [0.717, 1.165) is 65.3 Å². The van der Waals surface area contributed by atoms with Gasteiger partial charge in [0.1, 0.15) is 28.7 Å². The smallest absolute Gasteiger partial charge is 0.125 e. The summed E-state index contributed by atoms with van der Waals surface area (Å²) in [5.74, 6) is 2.52. The molecule has 2 heterocycles. The molecule has 1 aliphatic carbocycles. The monoisotopic (exact) mass is 402 g/mol. The molecule has 4 rings (SSSR count). The van der Waals surface area contributed by atoms with Crippen molar-refractivity contribution >= 4 is 11.3 Å². The lowest BCUT2D eigenvalue weighted by Gasteiger charge is -2.24. The van der Waals surface area contributed by atoms with Gasteiger partial charge in [0.2, 0.25) is 0 Å². The lowest BCUT2D eigenvalue weighted by molar-refractivity contribution is 0.0208. The molecular formula is C22H30N2O3S. The van der Waals surface area contributed by atoms with Crippen molar-refractivity contribution in [2.45, 2.75) is 51.2 Å². The fourth-order valence-corrected chi connectivity index (χ4v) is 4.94. The van der Waals surface area contributed by atoms with Crippen LogP contribution in [0.2, 0.25) is 0 Å². The van der Waals surface area contributed by atoms with Gasteiger partial charge in [0, 0.05) is 13.1 Å². The first-order valence-corrected chi connectivity index (χ1v) is 11.1. The molecule has 1 N–H and O–H groups in total. The highest BCUT2D eigenvalue weighted by Crippen LogP contribution is 2.38. The molecule has 0 bridgehead atoms. The van der Waals surface area contributed by atoms with E-state index in [0.29, 0.717) is 6.61 Å². The van der Waals surface area contributed by atoms with Crippen molar-refractivity contribution < 1.29 is 14.6 Å². The number of aromatic nitrogens is 1. The summed E-state index contributed by atoms with van der Waals surface area (Å²) in [5, 5.41) is 12.2. The van der Waals surface area contributed by atoms with Gasteiger partial charge in [-0.2, -0.15) is 0 Å². The lowest BCUT2D eigenvalue weighted by Crippen LogP contribution is -2.30. The molecule has 1 aromatic heterocycles. The van der Waals surface area contributed by atoms with E-state index in [1.165, 1.54) is 19.4 Å². The van der Waals surface area contributed by atoms with Gasteiger partial charge in [-0.3, -0.25) is 0 Å². The fourth-order valence-electron chi connectivity index (χ4n) is 3.82. The maximum Gasteiger partial charge on any atom is 0.125 e. The minimum Gasteiger partial charge on any atom is -0.497 e. The molecule has 5 nitrogen and oxygen atoms in total. The second-order valence-corrected chi connectivity index (χ2v) is 9.20. The van der Waals surface area contributed by atoms with Crippen molar-refractivity contribution in [3.05, 3.63) is 39.8 Å². The zero-order valence-corrected chi connectivity index (χ0v) is 17.6. The molecular weight excluding hydrogens is 372 g/mol. The number of nitrogens with zero attached hydrogens (tertiary/aromatic N) is 2. The zero-order valence-electron chi connectivity index (χ0n) is 16.8. The number of likely N-dealkylation sites (tertiary alicyclic amines) is 1. The van der Waals surface area contributed by atoms with E-state index in [4.69, 9.17) is 14.5 Å². The molecule has 0 amide bonds. The van der Waals surface area contributed by atoms with Crippen LogP contribution in [0.4, 0.5) is 0 Å². The van der Waals surface area contributed by atoms with E-state index in [1.54, 1.807) is 18.4 Å². The minimum absolute atomic E-state index is 0.472. The van der Waals surface area contributed by atoms with Gasteiger partial charge >= 0.3 is 0 Å². The van der Waals surface area contributed by atoms with Crippen molar-refractivity contribution in [1.29, 1.82) is 0 Å². The van der Waals surface area contributed by atoms with Gasteiger partial charge in [-0.1, -0.05) is 0 Å². The first-order chi connectivity index (χ1) is 13.6. The quantitative estimate of drug-likeness (QED) is 0.755. The second kappa shape index (κ2) is 8.39. The lowest BCUT2D eigenvalue weighted by atomic mass is 9.96. The van der Waals surface area contributed by atoms with E-state index in [2.05, 4.69) is 4.90 Å². The molecule has 1 aliphatic heterocycles. The molecule has 0 spiro atoms. The summed E-state index contributed by atoms with van der Waals surface area (Å²) < 4.78 is 11.1. The van der Waals surface area contributed by atoms with Gasteiger partial charge in [0.15, 0.2) is 0 Å². The van der Waals surface area contributed by atoms with Crippen molar-refractivity contribution in [3.8, 4) is 11.5 Å². The van der Waals surface area contributed by atoms with Gasteiger partial charge < -0.3 is 19.5 Å². The fraction of sp³-hybridized carbons (Fsp3) is 0.591. The van der Waals surface area contributed by atoms with Crippen LogP contribution in [0.5, 0.6) is 11.5 Å². The Labute approximate surface area is 171 Å². The Hall–Kier alpha value is -1.63. The van der Waals surface area contributed by atoms with Gasteiger partial charge in [0.05, 0.1) is 17.7 Å². The topological polar surface area (TPSA) is 54.8 Å². The molecule has 0 unspecified atom stereocenters. The third kappa shape index (κ3) is 4.67. The summed E-state index contributed by atoms with van der Waals surface area (Å²) in [6, 6.07) is 7.59. The standard InChI is InChI=1S/C22H30N2O3S/c1-16-20(15-27-19-8-6-18(26-2)7-9-19)28-21(23-16)22(25)10-3-12-24(13-11-22)14-17-4-5-17/h6-9,17,25H,3-5,10-15H2,1-2H3/t22-/m1/s1. The number of hydrogen-bond acceptors (Lipinski definition) is 6. The van der Waals surface area contributed by atoms with Crippen LogP contribution in [0.3, 0.4) is 0 Å². The number of ether oxygens (including phenoxy) is 2. The van der Waals surface area contributed by atoms with E-state index in [-0.39, 0.29) is 0 Å². The number of benzene rings is 1. The molecule has 2 fully saturated rings. The summed E-state index contributed by atoms with van der Waals surface area (Å²) in [6.45, 7) is 5.74. The Morgan fingerprint density at radius 1 is 1.18 bits per heavy atom. The number of aliphatic hydroxyl groups is 1.